The van der Waals surface area contributed by atoms with Gasteiger partial charge in [-0.15, -0.1) is 0 Å². The molecular weight excluding hydrogens is 443 g/mol. The van der Waals surface area contributed by atoms with Crippen LogP contribution in [0.5, 0.6) is 0 Å². The van der Waals surface area contributed by atoms with Gasteiger partial charge in [0.05, 0.1) is 23.3 Å². The van der Waals surface area contributed by atoms with Gasteiger partial charge in [0, 0.05) is 33.3 Å². The molecule has 0 saturated heterocycles. The van der Waals surface area contributed by atoms with Gasteiger partial charge < -0.3 is 10.6 Å². The Morgan fingerprint density at radius 1 is 0.906 bits per heavy atom. The number of anilines is 2. The van der Waals surface area contributed by atoms with Crippen LogP contribution in [0.15, 0.2) is 78.5 Å². The van der Waals surface area contributed by atoms with Gasteiger partial charge in [0.2, 0.25) is 0 Å². The lowest BCUT2D eigenvalue weighted by Crippen LogP contribution is -2.32. The second kappa shape index (κ2) is 8.45. The molecule has 0 spiro atoms. The van der Waals surface area contributed by atoms with Crippen molar-refractivity contribution in [1.29, 1.82) is 0 Å². The summed E-state index contributed by atoms with van der Waals surface area (Å²) in [6.45, 7) is 0. The first-order valence-corrected chi connectivity index (χ1v) is 11.2. The average molecular weight is 463 g/mol. The van der Waals surface area contributed by atoms with Gasteiger partial charge in [-0.2, -0.15) is 0 Å². The minimum Gasteiger partial charge on any atom is -0.375 e. The largest absolute Gasteiger partial charge is 0.375 e. The van der Waals surface area contributed by atoms with Crippen LogP contribution in [0, 0.1) is 5.92 Å². The van der Waals surface area contributed by atoms with E-state index in [1.807, 2.05) is 36.4 Å². The summed E-state index contributed by atoms with van der Waals surface area (Å²) in [5.74, 6) is -0.322. The molecule has 0 unspecified atom stereocenters. The van der Waals surface area contributed by atoms with Crippen LogP contribution in [-0.2, 0) is 4.79 Å². The van der Waals surface area contributed by atoms with Crippen molar-refractivity contribution in [2.75, 3.05) is 10.6 Å². The van der Waals surface area contributed by atoms with E-state index in [2.05, 4.69) is 16.7 Å². The van der Waals surface area contributed by atoms with Crippen molar-refractivity contribution >= 4 is 46.1 Å². The third-order valence-electron chi connectivity index (χ3n) is 5.98. The minimum absolute atomic E-state index is 0.0537. The van der Waals surface area contributed by atoms with Crippen molar-refractivity contribution < 1.29 is 9.59 Å². The van der Waals surface area contributed by atoms with E-state index in [0.29, 0.717) is 34.0 Å². The lowest BCUT2D eigenvalue weighted by molar-refractivity contribution is -0.122. The number of benzene rings is 3. The summed E-state index contributed by atoms with van der Waals surface area (Å²) in [5, 5.41) is 7.98. The van der Waals surface area contributed by atoms with Crippen LogP contribution in [0.3, 0.4) is 0 Å². The van der Waals surface area contributed by atoms with Gasteiger partial charge >= 0.3 is 0 Å². The van der Waals surface area contributed by atoms with Gasteiger partial charge in [-0.05, 0) is 42.3 Å². The number of carbonyl (C=O) groups excluding carboxylic acids is 2. The SMILES string of the molecule is O=C(c1ccccc1)c1ccc2c(c1)NC1=CCCC(=O)[C@H]1[C@H](c1ccc(Cl)cc1Cl)N2. The fraction of sp³-hybridized carbons (Fsp3) is 0.154. The Morgan fingerprint density at radius 3 is 2.50 bits per heavy atom. The third kappa shape index (κ3) is 3.81. The number of halogens is 2. The minimum atomic E-state index is -0.414. The quantitative estimate of drug-likeness (QED) is 0.426. The van der Waals surface area contributed by atoms with Crippen molar-refractivity contribution in [1.82, 2.24) is 0 Å². The summed E-state index contributed by atoms with van der Waals surface area (Å²) in [5.41, 5.74) is 4.39. The predicted molar refractivity (Wildman–Crippen MR) is 129 cm³/mol. The highest BCUT2D eigenvalue weighted by Gasteiger charge is 2.38. The zero-order valence-corrected chi connectivity index (χ0v) is 18.6. The van der Waals surface area contributed by atoms with Crippen molar-refractivity contribution in [2.45, 2.75) is 18.9 Å². The van der Waals surface area contributed by atoms with Gasteiger partial charge in [-0.1, -0.05) is 65.7 Å². The third-order valence-corrected chi connectivity index (χ3v) is 6.54. The summed E-state index contributed by atoms with van der Waals surface area (Å²) in [4.78, 5) is 26.0. The van der Waals surface area contributed by atoms with E-state index < -0.39 is 5.92 Å². The van der Waals surface area contributed by atoms with Crippen LogP contribution in [-0.4, -0.2) is 11.6 Å². The molecule has 2 atom stereocenters. The van der Waals surface area contributed by atoms with Crippen LogP contribution >= 0.6 is 23.2 Å². The van der Waals surface area contributed by atoms with E-state index in [1.165, 1.54) is 0 Å². The Labute approximate surface area is 196 Å². The van der Waals surface area contributed by atoms with Crippen LogP contribution in [0.4, 0.5) is 11.4 Å². The van der Waals surface area contributed by atoms with Crippen molar-refractivity contribution in [3.05, 3.63) is 105 Å². The van der Waals surface area contributed by atoms with Gasteiger partial charge in [-0.25, -0.2) is 0 Å². The first kappa shape index (κ1) is 20.8. The molecule has 0 amide bonds. The van der Waals surface area contributed by atoms with Crippen LogP contribution in [0.1, 0.15) is 40.4 Å². The smallest absolute Gasteiger partial charge is 0.193 e. The summed E-state index contributed by atoms with van der Waals surface area (Å²) in [7, 11) is 0. The molecule has 1 aliphatic heterocycles. The number of fused-ring (bicyclic) bond motifs is 2. The average Bonchev–Trinajstić information content (AvgIpc) is 2.96. The van der Waals surface area contributed by atoms with Crippen LogP contribution in [0.25, 0.3) is 0 Å². The maximum Gasteiger partial charge on any atom is 0.193 e. The lowest BCUT2D eigenvalue weighted by Gasteiger charge is -2.30. The van der Waals surface area contributed by atoms with Crippen LogP contribution in [0.2, 0.25) is 10.0 Å². The Hall–Kier alpha value is -3.08. The molecule has 160 valence electrons. The number of rotatable bonds is 3. The Morgan fingerprint density at radius 2 is 1.72 bits per heavy atom. The number of hydrogen-bond acceptors (Lipinski definition) is 4. The fourth-order valence-corrected chi connectivity index (χ4v) is 4.93. The summed E-state index contributed by atoms with van der Waals surface area (Å²) < 4.78 is 0. The molecule has 2 N–H and O–H groups in total. The van der Waals surface area contributed by atoms with E-state index in [-0.39, 0.29) is 17.6 Å². The lowest BCUT2D eigenvalue weighted by atomic mass is 9.82. The predicted octanol–water partition coefficient (Wildman–Crippen LogP) is 6.67. The maximum absolute atomic E-state index is 13.0. The second-order valence-electron chi connectivity index (χ2n) is 8.01. The molecule has 0 fully saturated rings. The molecule has 5 rings (SSSR count). The van der Waals surface area contributed by atoms with Crippen molar-refractivity contribution in [3.8, 4) is 0 Å². The highest BCUT2D eigenvalue weighted by Crippen LogP contribution is 2.44. The molecule has 0 radical (unpaired) electrons. The number of ketones is 2. The van der Waals surface area contributed by atoms with Gasteiger partial charge in [0.1, 0.15) is 5.78 Å². The topological polar surface area (TPSA) is 58.2 Å². The molecular formula is C26H20Cl2N2O2. The Bertz CT molecular complexity index is 1250. The second-order valence-corrected chi connectivity index (χ2v) is 8.85. The van der Waals surface area contributed by atoms with Gasteiger partial charge in [0.15, 0.2) is 5.78 Å². The number of carbonyl (C=O) groups is 2. The fourth-order valence-electron chi connectivity index (χ4n) is 4.41. The van der Waals surface area contributed by atoms with Crippen LogP contribution < -0.4 is 10.6 Å². The van der Waals surface area contributed by atoms with E-state index in [4.69, 9.17) is 23.2 Å². The Balaban J connectivity index is 1.59. The van der Waals surface area contributed by atoms with E-state index in [1.54, 1.807) is 30.3 Å². The number of allylic oxidation sites excluding steroid dienone is 1. The molecule has 0 bridgehead atoms. The molecule has 32 heavy (non-hydrogen) atoms. The van der Waals surface area contributed by atoms with Gasteiger partial charge in [0.25, 0.3) is 0 Å². The number of hydrogen-bond donors (Lipinski definition) is 2. The molecule has 0 aromatic heterocycles. The standard InChI is InChI=1S/C26H20Cl2N2O2/c27-17-10-11-18(19(28)14-17)25-24-21(7-4-8-23(24)31)29-22-13-16(9-12-20(22)30-25)26(32)15-5-2-1-3-6-15/h1-3,5-7,9-14,24-25,29-30H,4,8H2/t24-,25-/m0/s1. The number of nitrogens with one attached hydrogen (secondary N) is 2. The number of Topliss-reactive ketones (excluding diaryl/α,β-unsaturated/α-hetero) is 1. The Kier molecular flexibility index (Phi) is 5.50. The molecule has 3 aromatic rings. The molecule has 4 nitrogen and oxygen atoms in total. The van der Waals surface area contributed by atoms with E-state index >= 15 is 0 Å². The monoisotopic (exact) mass is 462 g/mol. The summed E-state index contributed by atoms with van der Waals surface area (Å²) in [6.07, 6.45) is 3.22. The molecule has 6 heteroatoms. The molecule has 2 aliphatic rings. The zero-order valence-electron chi connectivity index (χ0n) is 17.1. The first-order chi connectivity index (χ1) is 15.5. The van der Waals surface area contributed by atoms with E-state index in [9.17, 15) is 9.59 Å². The summed E-state index contributed by atoms with van der Waals surface area (Å²) in [6, 6.07) is 19.7. The molecule has 0 saturated carbocycles. The van der Waals surface area contributed by atoms with E-state index in [0.717, 1.165) is 22.6 Å². The summed E-state index contributed by atoms with van der Waals surface area (Å²) >= 11 is 12.6. The zero-order chi connectivity index (χ0) is 22.2. The normalized spacial score (nSPS) is 19.6. The highest BCUT2D eigenvalue weighted by atomic mass is 35.5. The molecule has 1 aliphatic carbocycles. The van der Waals surface area contributed by atoms with Gasteiger partial charge in [-0.3, -0.25) is 9.59 Å². The molecule has 1 heterocycles. The molecule has 3 aromatic carbocycles. The first-order valence-electron chi connectivity index (χ1n) is 10.5. The van der Waals surface area contributed by atoms with Crippen molar-refractivity contribution in [2.24, 2.45) is 5.92 Å². The van der Waals surface area contributed by atoms with Crippen molar-refractivity contribution in [3.63, 3.8) is 0 Å². The maximum atomic E-state index is 13.0. The highest BCUT2D eigenvalue weighted by molar-refractivity contribution is 6.35.